The number of nitrogens with one attached hydrogen (secondary N) is 1. The van der Waals surface area contributed by atoms with Crippen LogP contribution in [0.2, 0.25) is 0 Å². The molecular weight excluding hydrogens is 250 g/mol. The fourth-order valence-electron chi connectivity index (χ4n) is 2.48. The first kappa shape index (κ1) is 16.7. The molecule has 112 valence electrons. The molecule has 0 amide bonds. The van der Waals surface area contributed by atoms with E-state index in [9.17, 15) is 4.79 Å². The third-order valence-electron chi connectivity index (χ3n) is 3.56. The number of aryl methyl sites for hydroxylation is 2. The molecule has 0 aliphatic heterocycles. The maximum atomic E-state index is 11.9. The largest absolute Gasteiger partial charge is 0.466 e. The van der Waals surface area contributed by atoms with Crippen molar-refractivity contribution in [2.75, 3.05) is 13.2 Å². The summed E-state index contributed by atoms with van der Waals surface area (Å²) in [6, 6.07) is 6.38. The zero-order valence-corrected chi connectivity index (χ0v) is 13.4. The van der Waals surface area contributed by atoms with Crippen molar-refractivity contribution in [3.63, 3.8) is 0 Å². The van der Waals surface area contributed by atoms with Gasteiger partial charge in [0.1, 0.15) is 0 Å². The van der Waals surface area contributed by atoms with Crippen LogP contribution in [0.1, 0.15) is 50.3 Å². The van der Waals surface area contributed by atoms with Gasteiger partial charge in [0.05, 0.1) is 18.6 Å². The van der Waals surface area contributed by atoms with Crippen LogP contribution in [0.15, 0.2) is 18.2 Å². The molecule has 1 atom stereocenters. The summed E-state index contributed by atoms with van der Waals surface area (Å²) in [5.41, 5.74) is 3.21. The Bertz CT molecular complexity index is 456. The van der Waals surface area contributed by atoms with E-state index in [-0.39, 0.29) is 11.5 Å². The maximum Gasteiger partial charge on any atom is 0.307 e. The minimum Gasteiger partial charge on any atom is -0.466 e. The Hall–Kier alpha value is -1.35. The van der Waals surface area contributed by atoms with Crippen LogP contribution < -0.4 is 5.32 Å². The number of ether oxygens (including phenoxy) is 1. The van der Waals surface area contributed by atoms with Gasteiger partial charge in [-0.1, -0.05) is 30.7 Å². The fourth-order valence-corrected chi connectivity index (χ4v) is 2.48. The Morgan fingerprint density at radius 1 is 1.30 bits per heavy atom. The molecule has 20 heavy (non-hydrogen) atoms. The van der Waals surface area contributed by atoms with Crippen LogP contribution in [0.25, 0.3) is 0 Å². The van der Waals surface area contributed by atoms with Gasteiger partial charge in [-0.3, -0.25) is 4.79 Å². The van der Waals surface area contributed by atoms with Crippen LogP contribution in [-0.2, 0) is 15.1 Å². The number of hydrogen-bond acceptors (Lipinski definition) is 3. The molecule has 0 bridgehead atoms. The monoisotopic (exact) mass is 277 g/mol. The van der Waals surface area contributed by atoms with Crippen LogP contribution in [0.5, 0.6) is 0 Å². The highest BCUT2D eigenvalue weighted by Gasteiger charge is 2.31. The van der Waals surface area contributed by atoms with Gasteiger partial charge in [0.25, 0.3) is 0 Å². The van der Waals surface area contributed by atoms with Crippen molar-refractivity contribution in [2.45, 2.75) is 53.0 Å². The topological polar surface area (TPSA) is 38.3 Å². The normalized spacial score (nSPS) is 13.8. The first-order chi connectivity index (χ1) is 9.42. The number of esters is 1. The Morgan fingerprint density at radius 3 is 2.60 bits per heavy atom. The van der Waals surface area contributed by atoms with E-state index in [0.717, 1.165) is 13.0 Å². The number of benzene rings is 1. The summed E-state index contributed by atoms with van der Waals surface area (Å²) >= 11 is 0. The predicted octanol–water partition coefficient (Wildman–Crippen LogP) is 3.47. The SMILES string of the molecule is CCCNC(C)(CC(=O)OCC)c1cc(C)ccc1C. The van der Waals surface area contributed by atoms with E-state index in [1.807, 2.05) is 6.92 Å². The predicted molar refractivity (Wildman–Crippen MR) is 82.8 cm³/mol. The molecule has 1 unspecified atom stereocenters. The molecule has 0 fully saturated rings. The highest BCUT2D eigenvalue weighted by molar-refractivity contribution is 5.71. The maximum absolute atomic E-state index is 11.9. The third-order valence-corrected chi connectivity index (χ3v) is 3.56. The van der Waals surface area contributed by atoms with Gasteiger partial charge in [0.15, 0.2) is 0 Å². The summed E-state index contributed by atoms with van der Waals surface area (Å²) in [5.74, 6) is -0.153. The summed E-state index contributed by atoms with van der Waals surface area (Å²) in [4.78, 5) is 11.9. The quantitative estimate of drug-likeness (QED) is 0.776. The molecule has 0 aliphatic carbocycles. The molecule has 0 radical (unpaired) electrons. The molecule has 1 N–H and O–H groups in total. The Morgan fingerprint density at radius 2 is 2.00 bits per heavy atom. The highest BCUT2D eigenvalue weighted by atomic mass is 16.5. The van der Waals surface area contributed by atoms with Crippen molar-refractivity contribution in [3.8, 4) is 0 Å². The van der Waals surface area contributed by atoms with E-state index in [1.165, 1.54) is 16.7 Å². The molecule has 0 saturated carbocycles. The van der Waals surface area contributed by atoms with E-state index in [4.69, 9.17) is 4.74 Å². The lowest BCUT2D eigenvalue weighted by atomic mass is 9.84. The minimum absolute atomic E-state index is 0.153. The lowest BCUT2D eigenvalue weighted by Crippen LogP contribution is -2.42. The second-order valence-corrected chi connectivity index (χ2v) is 5.56. The lowest BCUT2D eigenvalue weighted by Gasteiger charge is -2.32. The first-order valence-electron chi connectivity index (χ1n) is 7.41. The Balaban J connectivity index is 3.08. The van der Waals surface area contributed by atoms with E-state index >= 15 is 0 Å². The smallest absolute Gasteiger partial charge is 0.307 e. The molecule has 0 saturated heterocycles. The summed E-state index contributed by atoms with van der Waals surface area (Å²) in [6.45, 7) is 11.5. The molecule has 1 rings (SSSR count). The van der Waals surface area contributed by atoms with Crippen molar-refractivity contribution in [3.05, 3.63) is 34.9 Å². The van der Waals surface area contributed by atoms with Crippen LogP contribution in [0.3, 0.4) is 0 Å². The van der Waals surface area contributed by atoms with Crippen LogP contribution in [0.4, 0.5) is 0 Å². The second-order valence-electron chi connectivity index (χ2n) is 5.56. The average Bonchev–Trinajstić information content (AvgIpc) is 2.39. The summed E-state index contributed by atoms with van der Waals surface area (Å²) in [6.07, 6.45) is 1.38. The standard InChI is InChI=1S/C17H27NO2/c1-6-10-18-17(5,12-16(19)20-7-2)15-11-13(3)8-9-14(15)4/h8-9,11,18H,6-7,10,12H2,1-5H3. The second kappa shape index (κ2) is 7.44. The van der Waals surface area contributed by atoms with Crippen molar-refractivity contribution >= 4 is 5.97 Å². The zero-order valence-electron chi connectivity index (χ0n) is 13.4. The van der Waals surface area contributed by atoms with Crippen molar-refractivity contribution in [2.24, 2.45) is 0 Å². The van der Waals surface area contributed by atoms with Gasteiger partial charge in [-0.2, -0.15) is 0 Å². The fraction of sp³-hybridized carbons (Fsp3) is 0.588. The van der Waals surface area contributed by atoms with Crippen LogP contribution >= 0.6 is 0 Å². The molecule has 0 aromatic heterocycles. The van der Waals surface area contributed by atoms with Gasteiger partial charge in [0, 0.05) is 0 Å². The van der Waals surface area contributed by atoms with Crippen molar-refractivity contribution in [1.29, 1.82) is 0 Å². The summed E-state index contributed by atoms with van der Waals surface area (Å²) in [5, 5.41) is 3.52. The van der Waals surface area contributed by atoms with Crippen molar-refractivity contribution < 1.29 is 9.53 Å². The molecule has 3 nitrogen and oxygen atoms in total. The van der Waals surface area contributed by atoms with Gasteiger partial charge < -0.3 is 10.1 Å². The van der Waals surface area contributed by atoms with Crippen LogP contribution in [0, 0.1) is 13.8 Å². The number of carbonyl (C=O) groups is 1. The molecule has 0 aliphatic rings. The average molecular weight is 277 g/mol. The lowest BCUT2D eigenvalue weighted by molar-refractivity contribution is -0.144. The van der Waals surface area contributed by atoms with E-state index in [1.54, 1.807) is 0 Å². The van der Waals surface area contributed by atoms with E-state index in [2.05, 4.69) is 51.2 Å². The number of rotatable bonds is 7. The van der Waals surface area contributed by atoms with Gasteiger partial charge in [0.2, 0.25) is 0 Å². The molecule has 0 heterocycles. The number of hydrogen-bond donors (Lipinski definition) is 1. The van der Waals surface area contributed by atoms with E-state index in [0.29, 0.717) is 13.0 Å². The Labute approximate surface area is 122 Å². The number of carbonyl (C=O) groups excluding carboxylic acids is 1. The minimum atomic E-state index is -0.377. The third kappa shape index (κ3) is 4.34. The molecule has 1 aromatic carbocycles. The summed E-state index contributed by atoms with van der Waals surface area (Å²) in [7, 11) is 0. The molecular formula is C17H27NO2. The van der Waals surface area contributed by atoms with Gasteiger partial charge in [-0.05, 0) is 51.8 Å². The zero-order chi connectivity index (χ0) is 15.2. The van der Waals surface area contributed by atoms with Gasteiger partial charge in [-0.15, -0.1) is 0 Å². The summed E-state index contributed by atoms with van der Waals surface area (Å²) < 4.78 is 5.13. The molecule has 1 aromatic rings. The van der Waals surface area contributed by atoms with E-state index < -0.39 is 0 Å². The highest BCUT2D eigenvalue weighted by Crippen LogP contribution is 2.29. The van der Waals surface area contributed by atoms with Gasteiger partial charge in [-0.25, -0.2) is 0 Å². The Kier molecular flexibility index (Phi) is 6.21. The molecule has 0 spiro atoms. The first-order valence-corrected chi connectivity index (χ1v) is 7.41. The van der Waals surface area contributed by atoms with Gasteiger partial charge >= 0.3 is 5.97 Å². The van der Waals surface area contributed by atoms with Crippen LogP contribution in [-0.4, -0.2) is 19.1 Å². The molecule has 3 heteroatoms. The van der Waals surface area contributed by atoms with Crippen molar-refractivity contribution in [1.82, 2.24) is 5.32 Å².